The van der Waals surface area contributed by atoms with Gasteiger partial charge in [0.05, 0.1) is 5.54 Å². The Bertz CT molecular complexity index is 436. The number of carbonyl (C=O) groups is 2. The molecule has 0 aromatic rings. The number of piperazine rings is 1. The van der Waals surface area contributed by atoms with E-state index in [0.29, 0.717) is 13.0 Å². The molecule has 2 fully saturated rings. The quantitative estimate of drug-likeness (QED) is 0.706. The van der Waals surface area contributed by atoms with Gasteiger partial charge in [0.25, 0.3) is 0 Å². The molecule has 4 nitrogen and oxygen atoms in total. The second-order valence-electron chi connectivity index (χ2n) is 5.88. The summed E-state index contributed by atoms with van der Waals surface area (Å²) in [6.45, 7) is 6.30. The molecule has 0 saturated carbocycles. The van der Waals surface area contributed by atoms with Crippen LogP contribution in [0.2, 0.25) is 0 Å². The van der Waals surface area contributed by atoms with Crippen molar-refractivity contribution in [3.8, 4) is 12.3 Å². The largest absolute Gasteiger partial charge is 0.329 e. The Kier molecular flexibility index (Phi) is 3.58. The van der Waals surface area contributed by atoms with Gasteiger partial charge in [-0.1, -0.05) is 12.8 Å². The van der Waals surface area contributed by atoms with Gasteiger partial charge in [0, 0.05) is 6.54 Å². The third-order valence-electron chi connectivity index (χ3n) is 4.25. The molecule has 0 bridgehead atoms. The molecule has 0 aromatic heterocycles. The Hall–Kier alpha value is -1.50. The van der Waals surface area contributed by atoms with E-state index < -0.39 is 11.6 Å². The number of piperidine rings is 1. The van der Waals surface area contributed by atoms with Gasteiger partial charge < -0.3 is 9.80 Å². The van der Waals surface area contributed by atoms with E-state index >= 15 is 0 Å². The van der Waals surface area contributed by atoms with Crippen molar-refractivity contribution in [2.45, 2.75) is 64.1 Å². The average Bonchev–Trinajstić information content (AvgIpc) is 2.42. The summed E-state index contributed by atoms with van der Waals surface area (Å²) in [5.74, 6) is 2.74. The molecule has 2 aliphatic heterocycles. The lowest BCUT2D eigenvalue weighted by atomic mass is 9.90. The molecule has 104 valence electrons. The Labute approximate surface area is 115 Å². The zero-order valence-electron chi connectivity index (χ0n) is 12.0. The second-order valence-corrected chi connectivity index (χ2v) is 5.88. The van der Waals surface area contributed by atoms with E-state index in [-0.39, 0.29) is 17.9 Å². The standard InChI is InChI=1S/C15H22N2O2/c1-5-11-13(18)16-10-8-7-9-12(16)14(19)17(11)15(3,4)6-2/h2,11-12H,5,7-10H2,1,3-4H3. The first-order valence-electron chi connectivity index (χ1n) is 7.05. The van der Waals surface area contributed by atoms with E-state index in [1.807, 2.05) is 20.8 Å². The van der Waals surface area contributed by atoms with Gasteiger partial charge in [0.15, 0.2) is 0 Å². The number of carbonyl (C=O) groups excluding carboxylic acids is 2. The summed E-state index contributed by atoms with van der Waals surface area (Å²) < 4.78 is 0. The van der Waals surface area contributed by atoms with Crippen molar-refractivity contribution in [2.24, 2.45) is 0 Å². The number of terminal acetylenes is 1. The highest BCUT2D eigenvalue weighted by Crippen LogP contribution is 2.31. The van der Waals surface area contributed by atoms with Crippen LogP contribution >= 0.6 is 0 Å². The zero-order chi connectivity index (χ0) is 14.2. The molecule has 2 rings (SSSR count). The zero-order valence-corrected chi connectivity index (χ0v) is 12.0. The predicted molar refractivity (Wildman–Crippen MR) is 73.2 cm³/mol. The first kappa shape index (κ1) is 13.9. The highest BCUT2D eigenvalue weighted by atomic mass is 16.2. The van der Waals surface area contributed by atoms with Crippen molar-refractivity contribution in [2.75, 3.05) is 6.54 Å². The highest BCUT2D eigenvalue weighted by Gasteiger charge is 2.49. The maximum Gasteiger partial charge on any atom is 0.247 e. The SMILES string of the molecule is C#CC(C)(C)N1C(=O)C2CCCCN2C(=O)C1CC. The van der Waals surface area contributed by atoms with Crippen molar-refractivity contribution in [1.82, 2.24) is 9.80 Å². The van der Waals surface area contributed by atoms with Crippen LogP contribution in [0.15, 0.2) is 0 Å². The Balaban J connectivity index is 2.40. The molecule has 4 heteroatoms. The molecular weight excluding hydrogens is 240 g/mol. The minimum Gasteiger partial charge on any atom is -0.329 e. The molecule has 2 saturated heterocycles. The van der Waals surface area contributed by atoms with Crippen molar-refractivity contribution in [3.63, 3.8) is 0 Å². The molecule has 2 heterocycles. The summed E-state index contributed by atoms with van der Waals surface area (Å²) in [6, 6.07) is -0.704. The molecule has 2 aliphatic rings. The normalized spacial score (nSPS) is 28.1. The lowest BCUT2D eigenvalue weighted by Gasteiger charge is -2.50. The molecule has 0 N–H and O–H groups in total. The minimum absolute atomic E-state index is 0.0223. The number of fused-ring (bicyclic) bond motifs is 1. The number of amides is 2. The van der Waals surface area contributed by atoms with E-state index in [9.17, 15) is 9.59 Å². The summed E-state index contributed by atoms with van der Waals surface area (Å²) in [4.78, 5) is 28.7. The number of hydrogen-bond donors (Lipinski definition) is 0. The van der Waals surface area contributed by atoms with E-state index in [0.717, 1.165) is 19.3 Å². The van der Waals surface area contributed by atoms with Crippen molar-refractivity contribution < 1.29 is 9.59 Å². The maximum atomic E-state index is 12.7. The van der Waals surface area contributed by atoms with Crippen LogP contribution < -0.4 is 0 Å². The van der Waals surface area contributed by atoms with E-state index in [1.165, 1.54) is 0 Å². The molecule has 19 heavy (non-hydrogen) atoms. The van der Waals surface area contributed by atoms with Crippen LogP contribution in [-0.4, -0.2) is 45.8 Å². The third-order valence-corrected chi connectivity index (χ3v) is 4.25. The minimum atomic E-state index is -0.711. The Morgan fingerprint density at radius 1 is 1.32 bits per heavy atom. The summed E-state index contributed by atoms with van der Waals surface area (Å²) in [6.07, 6.45) is 8.92. The molecule has 0 aliphatic carbocycles. The summed E-state index contributed by atoms with van der Waals surface area (Å²) in [5, 5.41) is 0. The van der Waals surface area contributed by atoms with Gasteiger partial charge in [-0.15, -0.1) is 6.42 Å². The number of hydrogen-bond acceptors (Lipinski definition) is 2. The molecule has 0 spiro atoms. The Morgan fingerprint density at radius 3 is 2.58 bits per heavy atom. The lowest BCUT2D eigenvalue weighted by Crippen LogP contribution is -2.69. The summed E-state index contributed by atoms with van der Waals surface area (Å²) >= 11 is 0. The summed E-state index contributed by atoms with van der Waals surface area (Å²) in [5.41, 5.74) is -0.711. The Morgan fingerprint density at radius 2 is 2.00 bits per heavy atom. The van der Waals surface area contributed by atoms with Gasteiger partial charge in [0.1, 0.15) is 12.1 Å². The molecule has 0 aromatic carbocycles. The first-order chi connectivity index (χ1) is 8.94. The smallest absolute Gasteiger partial charge is 0.247 e. The molecule has 2 atom stereocenters. The summed E-state index contributed by atoms with van der Waals surface area (Å²) in [7, 11) is 0. The van der Waals surface area contributed by atoms with E-state index in [4.69, 9.17) is 6.42 Å². The molecule has 2 unspecified atom stereocenters. The van der Waals surface area contributed by atoms with Crippen molar-refractivity contribution in [1.29, 1.82) is 0 Å². The maximum absolute atomic E-state index is 12.7. The monoisotopic (exact) mass is 262 g/mol. The van der Waals surface area contributed by atoms with E-state index in [2.05, 4.69) is 5.92 Å². The van der Waals surface area contributed by atoms with Crippen LogP contribution in [0.1, 0.15) is 46.5 Å². The van der Waals surface area contributed by atoms with Crippen LogP contribution in [0.3, 0.4) is 0 Å². The molecule has 2 amide bonds. The fourth-order valence-corrected chi connectivity index (χ4v) is 3.16. The van der Waals surface area contributed by atoms with Crippen LogP contribution in [0.25, 0.3) is 0 Å². The van der Waals surface area contributed by atoms with Gasteiger partial charge in [-0.2, -0.15) is 0 Å². The average molecular weight is 262 g/mol. The molecule has 0 radical (unpaired) electrons. The van der Waals surface area contributed by atoms with Gasteiger partial charge in [-0.25, -0.2) is 0 Å². The van der Waals surface area contributed by atoms with Crippen molar-refractivity contribution >= 4 is 11.8 Å². The van der Waals surface area contributed by atoms with Gasteiger partial charge in [0.2, 0.25) is 11.8 Å². The van der Waals surface area contributed by atoms with Crippen LogP contribution in [0, 0.1) is 12.3 Å². The van der Waals surface area contributed by atoms with Crippen LogP contribution in [-0.2, 0) is 9.59 Å². The van der Waals surface area contributed by atoms with Gasteiger partial charge in [-0.3, -0.25) is 9.59 Å². The van der Waals surface area contributed by atoms with Crippen molar-refractivity contribution in [3.05, 3.63) is 0 Å². The second kappa shape index (κ2) is 4.88. The fraction of sp³-hybridized carbons (Fsp3) is 0.733. The third kappa shape index (κ3) is 2.11. The van der Waals surface area contributed by atoms with Gasteiger partial charge in [-0.05, 0) is 39.5 Å². The number of rotatable bonds is 2. The first-order valence-corrected chi connectivity index (χ1v) is 7.05. The van der Waals surface area contributed by atoms with E-state index in [1.54, 1.807) is 9.80 Å². The highest BCUT2D eigenvalue weighted by molar-refractivity contribution is 5.97. The lowest BCUT2D eigenvalue weighted by molar-refractivity contribution is -0.168. The fourth-order valence-electron chi connectivity index (χ4n) is 3.16. The topological polar surface area (TPSA) is 40.6 Å². The number of nitrogens with zero attached hydrogens (tertiary/aromatic N) is 2. The predicted octanol–water partition coefficient (Wildman–Crippen LogP) is 1.40. The van der Waals surface area contributed by atoms with Crippen LogP contribution in [0.4, 0.5) is 0 Å². The molecular formula is C15H22N2O2. The van der Waals surface area contributed by atoms with Gasteiger partial charge >= 0.3 is 0 Å². The van der Waals surface area contributed by atoms with Crippen LogP contribution in [0.5, 0.6) is 0 Å².